The topological polar surface area (TPSA) is 54.2 Å². The second kappa shape index (κ2) is 6.68. The van der Waals surface area contributed by atoms with Crippen molar-refractivity contribution in [1.82, 2.24) is 20.4 Å². The Morgan fingerprint density at radius 3 is 2.50 bits per heavy atom. The molecule has 1 aliphatic rings. The largest absolute Gasteiger partial charge is 0.423 e. The van der Waals surface area contributed by atoms with Gasteiger partial charge in [0.2, 0.25) is 11.8 Å². The number of rotatable bonds is 5. The molecular weight excluding hydrogens is 252 g/mol. The van der Waals surface area contributed by atoms with Gasteiger partial charge in [-0.05, 0) is 44.9 Å². The Kier molecular flexibility index (Phi) is 5.16. The normalized spacial score (nSPS) is 18.6. The van der Waals surface area contributed by atoms with Crippen LogP contribution in [-0.2, 0) is 12.0 Å². The van der Waals surface area contributed by atoms with Crippen LogP contribution in [0.2, 0.25) is 0 Å². The molecule has 0 unspecified atom stereocenters. The average molecular weight is 280 g/mol. The van der Waals surface area contributed by atoms with E-state index >= 15 is 0 Å². The summed E-state index contributed by atoms with van der Waals surface area (Å²) in [6, 6.07) is 0. The molecule has 0 radical (unpaired) electrons. The molecule has 2 heterocycles. The van der Waals surface area contributed by atoms with Gasteiger partial charge < -0.3 is 9.73 Å². The number of aromatic nitrogens is 2. The van der Waals surface area contributed by atoms with Crippen molar-refractivity contribution in [3.63, 3.8) is 0 Å². The van der Waals surface area contributed by atoms with Gasteiger partial charge in [0.05, 0.1) is 6.54 Å². The van der Waals surface area contributed by atoms with Crippen LogP contribution in [0.5, 0.6) is 0 Å². The summed E-state index contributed by atoms with van der Waals surface area (Å²) in [5.74, 6) is 2.30. The fraction of sp³-hybridized carbons (Fsp3) is 0.867. The fourth-order valence-electron chi connectivity index (χ4n) is 2.51. The molecule has 0 atom stereocenters. The summed E-state index contributed by atoms with van der Waals surface area (Å²) < 4.78 is 5.77. The van der Waals surface area contributed by atoms with Crippen LogP contribution in [0, 0.1) is 5.92 Å². The van der Waals surface area contributed by atoms with Crippen molar-refractivity contribution >= 4 is 0 Å². The summed E-state index contributed by atoms with van der Waals surface area (Å²) >= 11 is 0. The van der Waals surface area contributed by atoms with Crippen LogP contribution in [0.3, 0.4) is 0 Å². The van der Waals surface area contributed by atoms with Crippen molar-refractivity contribution in [2.24, 2.45) is 5.92 Å². The maximum atomic E-state index is 5.77. The Morgan fingerprint density at radius 1 is 1.25 bits per heavy atom. The van der Waals surface area contributed by atoms with Crippen LogP contribution >= 0.6 is 0 Å². The standard InChI is InChI=1S/C15H28N4O/c1-5-16-10-12-6-8-19(9-7-12)11-13-17-18-14(20-13)15(2,3)4/h12,16H,5-11H2,1-4H3. The van der Waals surface area contributed by atoms with Crippen molar-refractivity contribution in [3.8, 4) is 0 Å². The average Bonchev–Trinajstić information content (AvgIpc) is 2.86. The van der Waals surface area contributed by atoms with Gasteiger partial charge in [0.15, 0.2) is 0 Å². The molecule has 1 saturated heterocycles. The van der Waals surface area contributed by atoms with Crippen LogP contribution in [-0.4, -0.2) is 41.3 Å². The molecule has 5 nitrogen and oxygen atoms in total. The van der Waals surface area contributed by atoms with E-state index in [1.165, 1.54) is 12.8 Å². The number of piperidine rings is 1. The Hall–Kier alpha value is -0.940. The van der Waals surface area contributed by atoms with Crippen molar-refractivity contribution in [1.29, 1.82) is 0 Å². The van der Waals surface area contributed by atoms with E-state index in [4.69, 9.17) is 4.42 Å². The summed E-state index contributed by atoms with van der Waals surface area (Å²) in [6.07, 6.45) is 2.51. The van der Waals surface area contributed by atoms with Crippen molar-refractivity contribution in [2.75, 3.05) is 26.2 Å². The van der Waals surface area contributed by atoms with Crippen LogP contribution in [0.1, 0.15) is 52.3 Å². The molecular formula is C15H28N4O. The van der Waals surface area contributed by atoms with Crippen LogP contribution in [0.25, 0.3) is 0 Å². The van der Waals surface area contributed by atoms with Crippen LogP contribution in [0.4, 0.5) is 0 Å². The zero-order valence-electron chi connectivity index (χ0n) is 13.3. The Balaban J connectivity index is 1.79. The first-order chi connectivity index (χ1) is 9.49. The van der Waals surface area contributed by atoms with E-state index < -0.39 is 0 Å². The highest BCUT2D eigenvalue weighted by molar-refractivity contribution is 4.96. The van der Waals surface area contributed by atoms with Gasteiger partial charge in [-0.1, -0.05) is 27.7 Å². The summed E-state index contributed by atoms with van der Waals surface area (Å²) in [5.41, 5.74) is -0.0654. The lowest BCUT2D eigenvalue weighted by Crippen LogP contribution is -2.36. The highest BCUT2D eigenvalue weighted by Gasteiger charge is 2.24. The zero-order valence-corrected chi connectivity index (χ0v) is 13.3. The molecule has 0 amide bonds. The summed E-state index contributed by atoms with van der Waals surface area (Å²) in [7, 11) is 0. The second-order valence-corrected chi connectivity index (χ2v) is 6.78. The smallest absolute Gasteiger partial charge is 0.230 e. The Bertz CT molecular complexity index is 402. The van der Waals surface area contributed by atoms with E-state index in [0.29, 0.717) is 0 Å². The molecule has 0 saturated carbocycles. The lowest BCUT2D eigenvalue weighted by Gasteiger charge is -2.31. The molecule has 0 spiro atoms. The van der Waals surface area contributed by atoms with Crippen molar-refractivity contribution in [2.45, 2.75) is 52.5 Å². The second-order valence-electron chi connectivity index (χ2n) is 6.78. The minimum Gasteiger partial charge on any atom is -0.423 e. The molecule has 1 aliphatic heterocycles. The first-order valence-electron chi connectivity index (χ1n) is 7.75. The molecule has 1 aromatic heterocycles. The number of hydrogen-bond acceptors (Lipinski definition) is 5. The quantitative estimate of drug-likeness (QED) is 0.896. The molecule has 2 rings (SSSR count). The molecule has 1 N–H and O–H groups in total. The van der Waals surface area contributed by atoms with Gasteiger partial charge >= 0.3 is 0 Å². The Labute approximate surface area is 122 Å². The first kappa shape index (κ1) is 15.4. The van der Waals surface area contributed by atoms with Gasteiger partial charge in [0, 0.05) is 5.41 Å². The van der Waals surface area contributed by atoms with E-state index in [9.17, 15) is 0 Å². The molecule has 1 fully saturated rings. The summed E-state index contributed by atoms with van der Waals surface area (Å²) in [4.78, 5) is 2.42. The third-order valence-corrected chi connectivity index (χ3v) is 3.86. The van der Waals surface area contributed by atoms with E-state index in [1.807, 2.05) is 0 Å². The summed E-state index contributed by atoms with van der Waals surface area (Å²) in [6.45, 7) is 13.7. The molecule has 114 valence electrons. The van der Waals surface area contributed by atoms with Gasteiger partial charge in [-0.25, -0.2) is 0 Å². The third kappa shape index (κ3) is 4.28. The number of hydrogen-bond donors (Lipinski definition) is 1. The fourth-order valence-corrected chi connectivity index (χ4v) is 2.51. The van der Waals surface area contributed by atoms with E-state index in [2.05, 4.69) is 48.1 Å². The molecule has 0 bridgehead atoms. The van der Waals surface area contributed by atoms with Gasteiger partial charge in [-0.2, -0.15) is 0 Å². The number of nitrogens with one attached hydrogen (secondary N) is 1. The van der Waals surface area contributed by atoms with Crippen molar-refractivity contribution in [3.05, 3.63) is 11.8 Å². The van der Waals surface area contributed by atoms with E-state index in [-0.39, 0.29) is 5.41 Å². The predicted octanol–water partition coefficient (Wildman–Crippen LogP) is 2.19. The minimum absolute atomic E-state index is 0.0654. The first-order valence-corrected chi connectivity index (χ1v) is 7.75. The molecule has 0 aromatic carbocycles. The van der Waals surface area contributed by atoms with Crippen LogP contribution in [0.15, 0.2) is 4.42 Å². The van der Waals surface area contributed by atoms with Gasteiger partial charge in [-0.15, -0.1) is 10.2 Å². The summed E-state index contributed by atoms with van der Waals surface area (Å²) in [5, 5.41) is 11.8. The molecule has 20 heavy (non-hydrogen) atoms. The maximum absolute atomic E-state index is 5.77. The monoisotopic (exact) mass is 280 g/mol. The van der Waals surface area contributed by atoms with E-state index in [1.54, 1.807) is 0 Å². The number of likely N-dealkylation sites (tertiary alicyclic amines) is 1. The SMILES string of the molecule is CCNCC1CCN(Cc2nnc(C(C)(C)C)o2)CC1. The van der Waals surface area contributed by atoms with E-state index in [0.717, 1.165) is 50.4 Å². The zero-order chi connectivity index (χ0) is 14.6. The lowest BCUT2D eigenvalue weighted by atomic mass is 9.97. The maximum Gasteiger partial charge on any atom is 0.230 e. The molecule has 1 aromatic rings. The lowest BCUT2D eigenvalue weighted by molar-refractivity contribution is 0.161. The Morgan fingerprint density at radius 2 is 1.95 bits per heavy atom. The predicted molar refractivity (Wildman–Crippen MR) is 79.5 cm³/mol. The number of nitrogens with zero attached hydrogens (tertiary/aromatic N) is 3. The highest BCUT2D eigenvalue weighted by Crippen LogP contribution is 2.22. The van der Waals surface area contributed by atoms with Gasteiger partial charge in [-0.3, -0.25) is 4.90 Å². The third-order valence-electron chi connectivity index (χ3n) is 3.86. The van der Waals surface area contributed by atoms with Gasteiger partial charge in [0.1, 0.15) is 0 Å². The van der Waals surface area contributed by atoms with Crippen LogP contribution < -0.4 is 5.32 Å². The molecule has 5 heteroatoms. The van der Waals surface area contributed by atoms with Gasteiger partial charge in [0.25, 0.3) is 0 Å². The minimum atomic E-state index is -0.0654. The molecule has 0 aliphatic carbocycles. The van der Waals surface area contributed by atoms with Crippen molar-refractivity contribution < 1.29 is 4.42 Å². The highest BCUT2D eigenvalue weighted by atomic mass is 16.4.